The number of benzene rings is 1. The van der Waals surface area contributed by atoms with Crippen LogP contribution in [0.3, 0.4) is 0 Å². The van der Waals surface area contributed by atoms with Gasteiger partial charge in [0.25, 0.3) is 0 Å². The fraction of sp³-hybridized carbons (Fsp3) is 0.600. The van der Waals surface area contributed by atoms with E-state index < -0.39 is 12.0 Å². The molecule has 0 radical (unpaired) electrons. The molecule has 1 unspecified atom stereocenters. The summed E-state index contributed by atoms with van der Waals surface area (Å²) >= 11 is 0. The smallest absolute Gasteiger partial charge is 0.326 e. The summed E-state index contributed by atoms with van der Waals surface area (Å²) in [4.78, 5) is 23.6. The Bertz CT molecular complexity index is 619. The Labute approximate surface area is 149 Å². The summed E-state index contributed by atoms with van der Waals surface area (Å²) in [7, 11) is 0. The van der Waals surface area contributed by atoms with Gasteiger partial charge in [0.2, 0.25) is 5.91 Å². The molecule has 0 spiro atoms. The Balaban J connectivity index is 1.89. The normalized spacial score (nSPS) is 15.3. The van der Waals surface area contributed by atoms with Crippen molar-refractivity contribution >= 4 is 11.9 Å². The molecule has 1 atom stereocenters. The van der Waals surface area contributed by atoms with E-state index in [0.717, 1.165) is 18.4 Å². The number of carbonyl (C=O) groups excluding carboxylic acids is 1. The molecule has 0 fully saturated rings. The maximum Gasteiger partial charge on any atom is 0.326 e. The van der Waals surface area contributed by atoms with Crippen molar-refractivity contribution in [1.82, 2.24) is 5.32 Å². The van der Waals surface area contributed by atoms with Gasteiger partial charge < -0.3 is 15.2 Å². The number of carboxylic acid groups (broad SMARTS) is 1. The summed E-state index contributed by atoms with van der Waals surface area (Å²) in [6, 6.07) is 5.24. The molecule has 0 saturated heterocycles. The van der Waals surface area contributed by atoms with Crippen LogP contribution in [0.5, 0.6) is 0 Å². The topological polar surface area (TPSA) is 75.6 Å². The quantitative estimate of drug-likeness (QED) is 0.795. The van der Waals surface area contributed by atoms with E-state index >= 15 is 0 Å². The van der Waals surface area contributed by atoms with E-state index in [1.54, 1.807) is 0 Å². The molecule has 0 aromatic heterocycles. The second-order valence-electron chi connectivity index (χ2n) is 7.69. The van der Waals surface area contributed by atoms with Crippen LogP contribution in [0.25, 0.3) is 0 Å². The molecule has 5 heteroatoms. The summed E-state index contributed by atoms with van der Waals surface area (Å²) in [6.07, 6.45) is 5.05. The molecule has 25 heavy (non-hydrogen) atoms. The van der Waals surface area contributed by atoms with Crippen LogP contribution in [0.15, 0.2) is 18.2 Å². The van der Waals surface area contributed by atoms with Crippen LogP contribution < -0.4 is 5.32 Å². The van der Waals surface area contributed by atoms with Crippen molar-refractivity contribution in [1.29, 1.82) is 0 Å². The minimum atomic E-state index is -1.03. The molecule has 138 valence electrons. The molecule has 1 aromatic carbocycles. The van der Waals surface area contributed by atoms with E-state index in [0.29, 0.717) is 6.61 Å². The van der Waals surface area contributed by atoms with Gasteiger partial charge in [-0.05, 0) is 63.1 Å². The first kappa shape index (κ1) is 19.4. The van der Waals surface area contributed by atoms with E-state index in [1.807, 2.05) is 26.8 Å². The molecule has 0 aliphatic heterocycles. The second kappa shape index (κ2) is 8.48. The van der Waals surface area contributed by atoms with Crippen molar-refractivity contribution in [3.63, 3.8) is 0 Å². The van der Waals surface area contributed by atoms with Crippen LogP contribution in [0.1, 0.15) is 56.7 Å². The highest BCUT2D eigenvalue weighted by molar-refractivity contribution is 5.84. The number of ether oxygens (including phenoxy) is 1. The third-order valence-corrected chi connectivity index (χ3v) is 4.35. The number of carbonyl (C=O) groups is 2. The molecule has 0 bridgehead atoms. The van der Waals surface area contributed by atoms with Gasteiger partial charge in [0.1, 0.15) is 6.04 Å². The SMILES string of the molecule is CC(C)(C)OCCC(NC(=O)Cc1ccc2c(c1)CCCC2)C(=O)O. The van der Waals surface area contributed by atoms with Crippen LogP contribution >= 0.6 is 0 Å². The van der Waals surface area contributed by atoms with Crippen LogP contribution in [-0.2, 0) is 33.6 Å². The molecule has 5 nitrogen and oxygen atoms in total. The van der Waals surface area contributed by atoms with Crippen molar-refractivity contribution in [3.8, 4) is 0 Å². The second-order valence-corrected chi connectivity index (χ2v) is 7.69. The number of aliphatic carboxylic acids is 1. The van der Waals surface area contributed by atoms with Gasteiger partial charge in [-0.1, -0.05) is 18.2 Å². The molecule has 2 N–H and O–H groups in total. The molecule has 0 saturated carbocycles. The molecule has 1 aliphatic rings. The Kier molecular flexibility index (Phi) is 6.59. The predicted octanol–water partition coefficient (Wildman–Crippen LogP) is 2.88. The maximum absolute atomic E-state index is 12.2. The highest BCUT2D eigenvalue weighted by Crippen LogP contribution is 2.22. The van der Waals surface area contributed by atoms with Gasteiger partial charge >= 0.3 is 5.97 Å². The van der Waals surface area contributed by atoms with Gasteiger partial charge in [-0.2, -0.15) is 0 Å². The maximum atomic E-state index is 12.2. The van der Waals surface area contributed by atoms with E-state index in [1.165, 1.54) is 24.0 Å². The van der Waals surface area contributed by atoms with Crippen LogP contribution in [-0.4, -0.2) is 35.2 Å². The van der Waals surface area contributed by atoms with Gasteiger partial charge in [-0.25, -0.2) is 4.79 Å². The Morgan fingerprint density at radius 2 is 1.88 bits per heavy atom. The summed E-state index contributed by atoms with van der Waals surface area (Å²) in [5.74, 6) is -1.30. The predicted molar refractivity (Wildman–Crippen MR) is 96.7 cm³/mol. The fourth-order valence-corrected chi connectivity index (χ4v) is 3.07. The third-order valence-electron chi connectivity index (χ3n) is 4.35. The summed E-state index contributed by atoms with van der Waals surface area (Å²) in [6.45, 7) is 6.03. The number of rotatable bonds is 7. The van der Waals surface area contributed by atoms with Crippen LogP contribution in [0.4, 0.5) is 0 Å². The summed E-state index contributed by atoms with van der Waals surface area (Å²) in [5, 5.41) is 11.9. The van der Waals surface area contributed by atoms with Crippen molar-refractivity contribution in [2.24, 2.45) is 0 Å². The largest absolute Gasteiger partial charge is 0.480 e. The minimum Gasteiger partial charge on any atom is -0.480 e. The molecule has 1 amide bonds. The number of hydrogen-bond donors (Lipinski definition) is 2. The van der Waals surface area contributed by atoms with Gasteiger partial charge in [-0.3, -0.25) is 4.79 Å². The van der Waals surface area contributed by atoms with E-state index in [9.17, 15) is 14.7 Å². The number of hydrogen-bond acceptors (Lipinski definition) is 3. The standard InChI is InChI=1S/C20H29NO4/c1-20(2,3)25-11-10-17(19(23)24)21-18(22)13-14-8-9-15-6-4-5-7-16(15)12-14/h8-9,12,17H,4-7,10-11,13H2,1-3H3,(H,21,22)(H,23,24). The zero-order valence-corrected chi connectivity index (χ0v) is 15.4. The van der Waals surface area contributed by atoms with Crippen molar-refractivity contribution < 1.29 is 19.4 Å². The number of nitrogens with one attached hydrogen (secondary N) is 1. The Hall–Kier alpha value is -1.88. The first-order chi connectivity index (χ1) is 11.7. The lowest BCUT2D eigenvalue weighted by molar-refractivity contribution is -0.142. The zero-order valence-electron chi connectivity index (χ0n) is 15.4. The minimum absolute atomic E-state index is 0.206. The Morgan fingerprint density at radius 3 is 2.52 bits per heavy atom. The lowest BCUT2D eigenvalue weighted by atomic mass is 9.90. The van der Waals surface area contributed by atoms with Gasteiger partial charge in [-0.15, -0.1) is 0 Å². The molecular formula is C20H29NO4. The molecular weight excluding hydrogens is 318 g/mol. The van der Waals surface area contributed by atoms with Crippen LogP contribution in [0, 0.1) is 0 Å². The van der Waals surface area contributed by atoms with E-state index in [2.05, 4.69) is 17.4 Å². The van der Waals surface area contributed by atoms with E-state index in [4.69, 9.17) is 4.74 Å². The molecule has 1 aliphatic carbocycles. The van der Waals surface area contributed by atoms with Crippen LogP contribution in [0.2, 0.25) is 0 Å². The molecule has 1 aromatic rings. The lowest BCUT2D eigenvalue weighted by Gasteiger charge is -2.21. The van der Waals surface area contributed by atoms with Gasteiger partial charge in [0.15, 0.2) is 0 Å². The number of carboxylic acids is 1. The number of aryl methyl sites for hydroxylation is 2. The average Bonchev–Trinajstić information content (AvgIpc) is 2.52. The average molecular weight is 347 g/mol. The van der Waals surface area contributed by atoms with Gasteiger partial charge in [0.05, 0.1) is 12.0 Å². The van der Waals surface area contributed by atoms with E-state index in [-0.39, 0.29) is 24.3 Å². The zero-order chi connectivity index (χ0) is 18.4. The first-order valence-corrected chi connectivity index (χ1v) is 9.01. The number of amides is 1. The van der Waals surface area contributed by atoms with Crippen molar-refractivity contribution in [3.05, 3.63) is 34.9 Å². The fourth-order valence-electron chi connectivity index (χ4n) is 3.07. The molecule has 2 rings (SSSR count). The summed E-state index contributed by atoms with van der Waals surface area (Å²) in [5.41, 5.74) is 3.31. The first-order valence-electron chi connectivity index (χ1n) is 9.01. The van der Waals surface area contributed by atoms with Crippen molar-refractivity contribution in [2.75, 3.05) is 6.61 Å². The monoisotopic (exact) mass is 347 g/mol. The molecule has 0 heterocycles. The van der Waals surface area contributed by atoms with Gasteiger partial charge in [0, 0.05) is 13.0 Å². The van der Waals surface area contributed by atoms with Crippen molar-refractivity contribution in [2.45, 2.75) is 70.9 Å². The summed E-state index contributed by atoms with van der Waals surface area (Å²) < 4.78 is 5.56. The lowest BCUT2D eigenvalue weighted by Crippen LogP contribution is -2.42. The Morgan fingerprint density at radius 1 is 1.20 bits per heavy atom. The third kappa shape index (κ3) is 6.50. The highest BCUT2D eigenvalue weighted by atomic mass is 16.5. The highest BCUT2D eigenvalue weighted by Gasteiger charge is 2.21. The number of fused-ring (bicyclic) bond motifs is 1.